The SMILES string of the molecule is CON(Cc1nc(C(F)(F)F)ccc1C(=O)Nc1nnnn1C)Cc1ncnn1C. The van der Waals surface area contributed by atoms with Crippen molar-refractivity contribution >= 4 is 11.9 Å². The highest BCUT2D eigenvalue weighted by molar-refractivity contribution is 6.04. The second-order valence-electron chi connectivity index (χ2n) is 6.05. The summed E-state index contributed by atoms with van der Waals surface area (Å²) in [4.78, 5) is 25.6. The third-order valence-electron chi connectivity index (χ3n) is 4.06. The number of aromatic nitrogens is 8. The van der Waals surface area contributed by atoms with Crippen molar-refractivity contribution in [1.29, 1.82) is 0 Å². The van der Waals surface area contributed by atoms with Crippen molar-refractivity contribution in [2.45, 2.75) is 19.3 Å². The Kier molecular flexibility index (Phi) is 6.02. The number of nitrogens with zero attached hydrogens (tertiary/aromatic N) is 9. The number of alkyl halides is 3. The minimum atomic E-state index is -4.68. The summed E-state index contributed by atoms with van der Waals surface area (Å²) < 4.78 is 42.2. The molecule has 160 valence electrons. The Hall–Kier alpha value is -3.46. The summed E-state index contributed by atoms with van der Waals surface area (Å²) in [6, 6.07) is 1.77. The van der Waals surface area contributed by atoms with E-state index in [2.05, 4.69) is 35.9 Å². The molecule has 15 heteroatoms. The average Bonchev–Trinajstić information content (AvgIpc) is 3.28. The van der Waals surface area contributed by atoms with Crippen molar-refractivity contribution in [1.82, 2.24) is 45.0 Å². The molecule has 1 amide bonds. The van der Waals surface area contributed by atoms with Crippen molar-refractivity contribution in [3.63, 3.8) is 0 Å². The highest BCUT2D eigenvalue weighted by Crippen LogP contribution is 2.29. The van der Waals surface area contributed by atoms with Gasteiger partial charge in [-0.05, 0) is 22.6 Å². The number of nitrogens with one attached hydrogen (secondary N) is 1. The van der Waals surface area contributed by atoms with Gasteiger partial charge in [0.1, 0.15) is 17.8 Å². The quantitative estimate of drug-likeness (QED) is 0.539. The lowest BCUT2D eigenvalue weighted by atomic mass is 10.1. The van der Waals surface area contributed by atoms with E-state index in [0.29, 0.717) is 5.82 Å². The van der Waals surface area contributed by atoms with Gasteiger partial charge < -0.3 is 4.84 Å². The first-order valence-electron chi connectivity index (χ1n) is 8.41. The van der Waals surface area contributed by atoms with Crippen LogP contribution in [-0.2, 0) is 38.2 Å². The first kappa shape index (κ1) is 21.3. The maximum atomic E-state index is 13.2. The van der Waals surface area contributed by atoms with Gasteiger partial charge in [-0.3, -0.25) is 14.8 Å². The first-order valence-corrected chi connectivity index (χ1v) is 8.41. The lowest BCUT2D eigenvalue weighted by Gasteiger charge is -2.20. The summed E-state index contributed by atoms with van der Waals surface area (Å²) in [7, 11) is 4.50. The van der Waals surface area contributed by atoms with Crippen LogP contribution in [0.5, 0.6) is 0 Å². The molecular formula is C15H17F3N10O2. The van der Waals surface area contributed by atoms with Crippen molar-refractivity contribution in [3.05, 3.63) is 41.2 Å². The average molecular weight is 426 g/mol. The molecule has 3 rings (SSSR count). The Morgan fingerprint density at radius 1 is 1.23 bits per heavy atom. The first-order chi connectivity index (χ1) is 14.2. The van der Waals surface area contributed by atoms with Crippen molar-refractivity contribution < 1.29 is 22.8 Å². The zero-order valence-corrected chi connectivity index (χ0v) is 16.1. The summed E-state index contributed by atoms with van der Waals surface area (Å²) in [5, 5.41) is 18.2. The molecule has 0 spiro atoms. The predicted octanol–water partition coefficient (Wildman–Crippen LogP) is 0.568. The molecule has 30 heavy (non-hydrogen) atoms. The van der Waals surface area contributed by atoms with Crippen LogP contribution in [0.15, 0.2) is 18.5 Å². The summed E-state index contributed by atoms with van der Waals surface area (Å²) in [5.41, 5.74) is -1.38. The third-order valence-corrected chi connectivity index (χ3v) is 4.06. The fourth-order valence-electron chi connectivity index (χ4n) is 2.46. The molecule has 0 fully saturated rings. The molecule has 0 aliphatic carbocycles. The van der Waals surface area contributed by atoms with Crippen molar-refractivity contribution in [3.8, 4) is 0 Å². The molecule has 0 aromatic carbocycles. The molecule has 0 aliphatic rings. The van der Waals surface area contributed by atoms with Gasteiger partial charge in [-0.15, -0.1) is 0 Å². The number of amides is 1. The highest BCUT2D eigenvalue weighted by atomic mass is 19.4. The molecule has 0 aliphatic heterocycles. The second-order valence-corrected chi connectivity index (χ2v) is 6.05. The molecule has 3 aromatic rings. The van der Waals surface area contributed by atoms with E-state index in [1.807, 2.05) is 0 Å². The van der Waals surface area contributed by atoms with E-state index in [4.69, 9.17) is 4.84 Å². The van der Waals surface area contributed by atoms with E-state index in [1.165, 1.54) is 34.9 Å². The van der Waals surface area contributed by atoms with E-state index in [0.717, 1.165) is 12.1 Å². The van der Waals surface area contributed by atoms with E-state index < -0.39 is 17.8 Å². The van der Waals surface area contributed by atoms with Crippen LogP contribution in [0.25, 0.3) is 0 Å². The molecular weight excluding hydrogens is 409 g/mol. The summed E-state index contributed by atoms with van der Waals surface area (Å²) in [6.45, 7) is -0.133. The van der Waals surface area contributed by atoms with Crippen LogP contribution >= 0.6 is 0 Å². The molecule has 0 bridgehead atoms. The van der Waals surface area contributed by atoms with Crippen LogP contribution < -0.4 is 5.32 Å². The maximum Gasteiger partial charge on any atom is 0.433 e. The molecule has 0 atom stereocenters. The van der Waals surface area contributed by atoms with Crippen molar-refractivity contribution in [2.75, 3.05) is 12.4 Å². The largest absolute Gasteiger partial charge is 0.433 e. The highest BCUT2D eigenvalue weighted by Gasteiger charge is 2.34. The summed E-state index contributed by atoms with van der Waals surface area (Å²) in [6.07, 6.45) is -3.35. The number of rotatable bonds is 7. The van der Waals surface area contributed by atoms with Gasteiger partial charge in [0.05, 0.1) is 31.5 Å². The lowest BCUT2D eigenvalue weighted by Crippen LogP contribution is -2.27. The van der Waals surface area contributed by atoms with Crippen LogP contribution in [-0.4, -0.2) is 58.0 Å². The molecule has 0 saturated heterocycles. The summed E-state index contributed by atoms with van der Waals surface area (Å²) in [5.74, 6) is -0.202. The van der Waals surface area contributed by atoms with Crippen molar-refractivity contribution in [2.24, 2.45) is 14.1 Å². The van der Waals surface area contributed by atoms with Crippen LogP contribution in [0.3, 0.4) is 0 Å². The van der Waals surface area contributed by atoms with Gasteiger partial charge in [0.15, 0.2) is 0 Å². The number of carbonyl (C=O) groups is 1. The van der Waals surface area contributed by atoms with E-state index in [1.54, 1.807) is 7.05 Å². The second kappa shape index (κ2) is 8.50. The minimum absolute atomic E-state index is 0.0218. The fourth-order valence-corrected chi connectivity index (χ4v) is 2.46. The Balaban J connectivity index is 1.91. The van der Waals surface area contributed by atoms with Gasteiger partial charge in [-0.25, -0.2) is 14.6 Å². The van der Waals surface area contributed by atoms with Gasteiger partial charge in [0.2, 0.25) is 5.95 Å². The van der Waals surface area contributed by atoms with Crippen LogP contribution in [0, 0.1) is 0 Å². The number of carbonyl (C=O) groups excluding carboxylic acids is 1. The number of anilines is 1. The van der Waals surface area contributed by atoms with Gasteiger partial charge in [-0.1, -0.05) is 5.10 Å². The third kappa shape index (κ3) is 4.74. The molecule has 12 nitrogen and oxygen atoms in total. The van der Waals surface area contributed by atoms with Crippen LogP contribution in [0.1, 0.15) is 27.6 Å². The maximum absolute atomic E-state index is 13.2. The molecule has 3 aromatic heterocycles. The van der Waals surface area contributed by atoms with E-state index in [9.17, 15) is 18.0 Å². The van der Waals surface area contributed by atoms with E-state index >= 15 is 0 Å². The summed E-state index contributed by atoms with van der Waals surface area (Å²) >= 11 is 0. The number of hydroxylamine groups is 2. The van der Waals surface area contributed by atoms with Crippen LogP contribution in [0.2, 0.25) is 0 Å². The Morgan fingerprint density at radius 2 is 2.00 bits per heavy atom. The zero-order chi connectivity index (χ0) is 21.9. The van der Waals surface area contributed by atoms with Crippen LogP contribution in [0.4, 0.5) is 19.1 Å². The number of hydrogen-bond donors (Lipinski definition) is 1. The number of tetrazole rings is 1. The topological polar surface area (TPSA) is 129 Å². The fraction of sp³-hybridized carbons (Fsp3) is 0.400. The monoisotopic (exact) mass is 426 g/mol. The normalized spacial score (nSPS) is 11.8. The number of halogens is 3. The van der Waals surface area contributed by atoms with Gasteiger partial charge in [-0.2, -0.15) is 23.3 Å². The Bertz CT molecular complexity index is 1030. The zero-order valence-electron chi connectivity index (χ0n) is 16.1. The van der Waals surface area contributed by atoms with Gasteiger partial charge in [0, 0.05) is 14.1 Å². The Morgan fingerprint density at radius 3 is 2.57 bits per heavy atom. The predicted molar refractivity (Wildman–Crippen MR) is 93.2 cm³/mol. The number of aryl methyl sites for hydroxylation is 2. The lowest BCUT2D eigenvalue weighted by molar-refractivity contribution is -0.151. The minimum Gasteiger partial charge on any atom is -0.301 e. The Labute approximate surface area is 167 Å². The number of pyridine rings is 1. The van der Waals surface area contributed by atoms with Gasteiger partial charge in [0.25, 0.3) is 5.91 Å². The number of hydrogen-bond acceptors (Lipinski definition) is 9. The standard InChI is InChI=1S/C15H17F3N10O2/c1-26-12(19-8-20-26)7-28(30-3)6-10-9(4-5-11(21-10)15(16,17)18)13(29)22-14-23-24-25-27(14)2/h4-5,8H,6-7H2,1-3H3,(H,22,23,25,29). The molecule has 0 unspecified atom stereocenters. The molecule has 0 radical (unpaired) electrons. The smallest absolute Gasteiger partial charge is 0.301 e. The molecule has 0 saturated carbocycles. The molecule has 3 heterocycles. The van der Waals surface area contributed by atoms with Gasteiger partial charge >= 0.3 is 6.18 Å². The van der Waals surface area contributed by atoms with E-state index in [-0.39, 0.29) is 30.3 Å². The molecule has 1 N–H and O–H groups in total.